The Morgan fingerprint density at radius 1 is 1.32 bits per heavy atom. The molecule has 1 amide bonds. The molecule has 0 aliphatic carbocycles. The van der Waals surface area contributed by atoms with Crippen LogP contribution in [0.25, 0.3) is 11.0 Å². The molecule has 1 heterocycles. The molecule has 22 heavy (non-hydrogen) atoms. The molecule has 0 saturated carbocycles. The number of hydrogen-bond donors (Lipinski definition) is 3. The van der Waals surface area contributed by atoms with Crippen LogP contribution in [-0.2, 0) is 0 Å². The minimum Gasteiger partial charge on any atom is -0.507 e. The number of carbonyl (C=O) groups excluding carboxylic acids is 1. The number of carbonyl (C=O) groups is 1. The summed E-state index contributed by atoms with van der Waals surface area (Å²) in [5.74, 6) is 0.258. The van der Waals surface area contributed by atoms with Gasteiger partial charge in [0.25, 0.3) is 5.91 Å². The van der Waals surface area contributed by atoms with E-state index in [1.807, 2.05) is 31.2 Å². The number of rotatable bonds is 3. The normalized spacial score (nSPS) is 12.3. The highest BCUT2D eigenvalue weighted by Gasteiger charge is 2.17. The Hall–Kier alpha value is -2.34. The van der Waals surface area contributed by atoms with Gasteiger partial charge in [-0.15, -0.1) is 0 Å². The van der Waals surface area contributed by atoms with Gasteiger partial charge < -0.3 is 15.4 Å². The van der Waals surface area contributed by atoms with Gasteiger partial charge in [-0.3, -0.25) is 4.79 Å². The van der Waals surface area contributed by atoms with Crippen LogP contribution >= 0.6 is 15.9 Å². The van der Waals surface area contributed by atoms with Crippen molar-refractivity contribution in [2.75, 3.05) is 0 Å². The van der Waals surface area contributed by atoms with E-state index in [0.717, 1.165) is 15.5 Å². The van der Waals surface area contributed by atoms with E-state index in [2.05, 4.69) is 31.2 Å². The molecule has 1 atom stereocenters. The van der Waals surface area contributed by atoms with E-state index in [1.54, 1.807) is 12.1 Å². The summed E-state index contributed by atoms with van der Waals surface area (Å²) < 4.78 is 0.729. The lowest BCUT2D eigenvalue weighted by atomic mass is 10.1. The van der Waals surface area contributed by atoms with Crippen LogP contribution in [-0.4, -0.2) is 21.0 Å². The highest BCUT2D eigenvalue weighted by Crippen LogP contribution is 2.23. The van der Waals surface area contributed by atoms with Crippen molar-refractivity contribution in [3.05, 3.63) is 58.3 Å². The fourth-order valence-electron chi connectivity index (χ4n) is 2.21. The number of benzene rings is 2. The Morgan fingerprint density at radius 2 is 2.09 bits per heavy atom. The number of H-pyrrole nitrogens is 1. The number of imidazole rings is 1. The summed E-state index contributed by atoms with van der Waals surface area (Å²) in [4.78, 5) is 19.9. The first-order chi connectivity index (χ1) is 10.5. The molecule has 0 spiro atoms. The van der Waals surface area contributed by atoms with Gasteiger partial charge in [0.1, 0.15) is 11.6 Å². The maximum absolute atomic E-state index is 12.3. The van der Waals surface area contributed by atoms with Crippen molar-refractivity contribution in [3.63, 3.8) is 0 Å². The SMILES string of the molecule is CC(NC(=O)c1cc(Br)ccc1O)c1nc2ccccc2[nH]1. The van der Waals surface area contributed by atoms with Gasteiger partial charge in [0.05, 0.1) is 22.6 Å². The average molecular weight is 360 g/mol. The number of hydrogen-bond acceptors (Lipinski definition) is 3. The minimum absolute atomic E-state index is 0.0579. The number of para-hydroxylation sites is 2. The fraction of sp³-hybridized carbons (Fsp3) is 0.125. The Labute approximate surface area is 135 Å². The zero-order valence-corrected chi connectivity index (χ0v) is 13.4. The number of phenols is 1. The molecule has 0 saturated heterocycles. The summed E-state index contributed by atoms with van der Waals surface area (Å²) in [5, 5.41) is 12.6. The van der Waals surface area contributed by atoms with Gasteiger partial charge in [-0.25, -0.2) is 4.98 Å². The fourth-order valence-corrected chi connectivity index (χ4v) is 2.57. The van der Waals surface area contributed by atoms with Crippen LogP contribution in [0.2, 0.25) is 0 Å². The Morgan fingerprint density at radius 3 is 2.86 bits per heavy atom. The van der Waals surface area contributed by atoms with Crippen molar-refractivity contribution < 1.29 is 9.90 Å². The van der Waals surface area contributed by atoms with E-state index in [0.29, 0.717) is 5.82 Å². The van der Waals surface area contributed by atoms with Crippen LogP contribution in [0.1, 0.15) is 29.1 Å². The number of aromatic nitrogens is 2. The van der Waals surface area contributed by atoms with Gasteiger partial charge in [-0.1, -0.05) is 28.1 Å². The zero-order chi connectivity index (χ0) is 15.7. The quantitative estimate of drug-likeness (QED) is 0.669. The maximum Gasteiger partial charge on any atom is 0.255 e. The number of nitrogens with zero attached hydrogens (tertiary/aromatic N) is 1. The third-order valence-corrected chi connectivity index (χ3v) is 3.86. The standard InChI is InChI=1S/C16H14BrN3O2/c1-9(15-19-12-4-2-3-5-13(12)20-15)18-16(22)11-8-10(17)6-7-14(11)21/h2-9,21H,1H3,(H,18,22)(H,19,20). The lowest BCUT2D eigenvalue weighted by molar-refractivity contribution is 0.0935. The topological polar surface area (TPSA) is 78.0 Å². The number of amides is 1. The first-order valence-corrected chi connectivity index (χ1v) is 7.58. The van der Waals surface area contributed by atoms with Gasteiger partial charge in [0.15, 0.2) is 0 Å². The molecule has 112 valence electrons. The van der Waals surface area contributed by atoms with Crippen LogP contribution in [0.4, 0.5) is 0 Å². The molecule has 5 nitrogen and oxygen atoms in total. The van der Waals surface area contributed by atoms with Crippen LogP contribution in [0.5, 0.6) is 5.75 Å². The minimum atomic E-state index is -0.355. The van der Waals surface area contributed by atoms with Gasteiger partial charge in [0.2, 0.25) is 0 Å². The second kappa shape index (κ2) is 5.81. The molecule has 3 N–H and O–H groups in total. The molecule has 1 unspecified atom stereocenters. The summed E-state index contributed by atoms with van der Waals surface area (Å²) in [6, 6.07) is 12.1. The summed E-state index contributed by atoms with van der Waals surface area (Å²) in [5.41, 5.74) is 1.99. The Balaban J connectivity index is 1.82. The van der Waals surface area contributed by atoms with Crippen LogP contribution in [0.15, 0.2) is 46.9 Å². The largest absolute Gasteiger partial charge is 0.507 e. The van der Waals surface area contributed by atoms with E-state index in [9.17, 15) is 9.90 Å². The molecular formula is C16H14BrN3O2. The van der Waals surface area contributed by atoms with Crippen molar-refractivity contribution in [3.8, 4) is 5.75 Å². The second-order valence-corrected chi connectivity index (χ2v) is 5.91. The smallest absolute Gasteiger partial charge is 0.255 e. The third-order valence-electron chi connectivity index (χ3n) is 3.37. The van der Waals surface area contributed by atoms with Crippen molar-refractivity contribution in [2.24, 2.45) is 0 Å². The van der Waals surface area contributed by atoms with Crippen LogP contribution in [0, 0.1) is 0 Å². The molecule has 3 rings (SSSR count). The molecule has 6 heteroatoms. The van der Waals surface area contributed by atoms with E-state index in [-0.39, 0.29) is 23.3 Å². The summed E-state index contributed by atoms with van der Waals surface area (Å²) in [6.45, 7) is 1.84. The molecule has 1 aromatic heterocycles. The number of phenolic OH excluding ortho intramolecular Hbond substituents is 1. The first-order valence-electron chi connectivity index (χ1n) is 6.78. The average Bonchev–Trinajstić information content (AvgIpc) is 2.93. The van der Waals surface area contributed by atoms with Gasteiger partial charge in [-0.05, 0) is 37.3 Å². The van der Waals surface area contributed by atoms with Gasteiger partial charge >= 0.3 is 0 Å². The van der Waals surface area contributed by atoms with Crippen molar-refractivity contribution in [1.29, 1.82) is 0 Å². The molecule has 0 aliphatic rings. The molecule has 0 fully saturated rings. The lowest BCUT2D eigenvalue weighted by Gasteiger charge is -2.12. The van der Waals surface area contributed by atoms with E-state index in [4.69, 9.17) is 0 Å². The number of halogens is 1. The van der Waals surface area contributed by atoms with E-state index < -0.39 is 0 Å². The molecule has 0 radical (unpaired) electrons. The first kappa shape index (κ1) is 14.6. The van der Waals surface area contributed by atoms with Gasteiger partial charge in [-0.2, -0.15) is 0 Å². The van der Waals surface area contributed by atoms with Crippen molar-refractivity contribution >= 4 is 32.9 Å². The third kappa shape index (κ3) is 2.82. The number of aromatic hydroxyl groups is 1. The van der Waals surface area contributed by atoms with Crippen molar-refractivity contribution in [1.82, 2.24) is 15.3 Å². The summed E-state index contributed by atoms with van der Waals surface area (Å²) in [6.07, 6.45) is 0. The second-order valence-electron chi connectivity index (χ2n) is 5.00. The summed E-state index contributed by atoms with van der Waals surface area (Å²) >= 11 is 3.29. The molecule has 2 aromatic carbocycles. The van der Waals surface area contributed by atoms with Crippen molar-refractivity contribution in [2.45, 2.75) is 13.0 Å². The Kier molecular flexibility index (Phi) is 3.85. The number of aromatic amines is 1. The van der Waals surface area contributed by atoms with Crippen LogP contribution < -0.4 is 5.32 Å². The Bertz CT molecular complexity index is 811. The maximum atomic E-state index is 12.3. The lowest BCUT2D eigenvalue weighted by Crippen LogP contribution is -2.27. The van der Waals surface area contributed by atoms with Gasteiger partial charge in [0, 0.05) is 4.47 Å². The molecular weight excluding hydrogens is 346 g/mol. The predicted molar refractivity (Wildman–Crippen MR) is 87.8 cm³/mol. The zero-order valence-electron chi connectivity index (χ0n) is 11.8. The monoisotopic (exact) mass is 359 g/mol. The summed E-state index contributed by atoms with van der Waals surface area (Å²) in [7, 11) is 0. The van der Waals surface area contributed by atoms with Crippen LogP contribution in [0.3, 0.4) is 0 Å². The molecule has 0 bridgehead atoms. The highest BCUT2D eigenvalue weighted by atomic mass is 79.9. The highest BCUT2D eigenvalue weighted by molar-refractivity contribution is 9.10. The van der Waals surface area contributed by atoms with E-state index in [1.165, 1.54) is 6.07 Å². The van der Waals surface area contributed by atoms with E-state index >= 15 is 0 Å². The number of fused-ring (bicyclic) bond motifs is 1. The molecule has 3 aromatic rings. The number of nitrogens with one attached hydrogen (secondary N) is 2. The predicted octanol–water partition coefficient (Wildman–Crippen LogP) is 3.52. The molecule has 0 aliphatic heterocycles.